The molecule has 1 aromatic heterocycles. The lowest BCUT2D eigenvalue weighted by atomic mass is 10.1. The van der Waals surface area contributed by atoms with Gasteiger partial charge in [-0.2, -0.15) is 0 Å². The minimum Gasteiger partial charge on any atom is -0.454 e. The van der Waals surface area contributed by atoms with Gasteiger partial charge in [0.15, 0.2) is 11.5 Å². The van der Waals surface area contributed by atoms with Crippen LogP contribution in [0.1, 0.15) is 18.4 Å². The number of benzene rings is 1. The molecule has 1 saturated heterocycles. The van der Waals surface area contributed by atoms with E-state index in [1.165, 1.54) is 0 Å². The molecular weight excluding hydrogens is 284 g/mol. The Morgan fingerprint density at radius 2 is 2.09 bits per heavy atom. The average molecular weight is 302 g/mol. The summed E-state index contributed by atoms with van der Waals surface area (Å²) in [4.78, 5) is 15.1. The van der Waals surface area contributed by atoms with Crippen molar-refractivity contribution in [3.63, 3.8) is 0 Å². The molecule has 116 valence electrons. The predicted octanol–water partition coefficient (Wildman–Crippen LogP) is 1.53. The Balaban J connectivity index is 1.54. The van der Waals surface area contributed by atoms with Crippen molar-refractivity contribution in [2.75, 3.05) is 19.9 Å². The zero-order valence-corrected chi connectivity index (χ0v) is 12.2. The first-order chi connectivity index (χ1) is 10.8. The molecule has 1 atom stereocenters. The Hall–Kier alpha value is -2.05. The van der Waals surface area contributed by atoms with E-state index in [4.69, 9.17) is 14.2 Å². The fourth-order valence-electron chi connectivity index (χ4n) is 2.95. The molecule has 2 aromatic rings. The number of rotatable bonds is 4. The third kappa shape index (κ3) is 2.55. The first kappa shape index (κ1) is 13.6. The Kier molecular flexibility index (Phi) is 3.48. The van der Waals surface area contributed by atoms with Crippen LogP contribution < -0.4 is 20.3 Å². The standard InChI is InChI=1S/C16H18N2O4/c19-16-11(7-17-8-12-2-1-3-20-12)4-10-5-14-15(22-9-21-14)6-13(10)18-16/h4-6,12,17H,1-3,7-9H2,(H,18,19)/t12-/m0/s1. The van der Waals surface area contributed by atoms with Gasteiger partial charge in [0.2, 0.25) is 6.79 Å². The summed E-state index contributed by atoms with van der Waals surface area (Å²) in [5, 5.41) is 4.24. The Morgan fingerprint density at radius 1 is 1.23 bits per heavy atom. The number of hydrogen-bond donors (Lipinski definition) is 2. The molecule has 0 radical (unpaired) electrons. The van der Waals surface area contributed by atoms with E-state index in [0.29, 0.717) is 17.9 Å². The predicted molar refractivity (Wildman–Crippen MR) is 81.4 cm³/mol. The molecule has 3 heterocycles. The summed E-state index contributed by atoms with van der Waals surface area (Å²) in [7, 11) is 0. The number of ether oxygens (including phenoxy) is 3. The topological polar surface area (TPSA) is 72.6 Å². The molecule has 1 aromatic carbocycles. The van der Waals surface area contributed by atoms with Crippen LogP contribution in [-0.4, -0.2) is 31.0 Å². The van der Waals surface area contributed by atoms with Crippen molar-refractivity contribution in [3.05, 3.63) is 34.1 Å². The zero-order valence-electron chi connectivity index (χ0n) is 12.2. The Labute approximate surface area is 127 Å². The Bertz CT molecular complexity index is 750. The molecule has 2 aliphatic heterocycles. The fourth-order valence-corrected chi connectivity index (χ4v) is 2.95. The summed E-state index contributed by atoms with van der Waals surface area (Å²) < 4.78 is 16.3. The lowest BCUT2D eigenvalue weighted by molar-refractivity contribution is 0.110. The molecule has 0 aliphatic carbocycles. The van der Waals surface area contributed by atoms with E-state index in [9.17, 15) is 4.79 Å². The fraction of sp³-hybridized carbons (Fsp3) is 0.438. The molecule has 0 bridgehead atoms. The average Bonchev–Trinajstić information content (AvgIpc) is 3.16. The molecular formula is C16H18N2O4. The van der Waals surface area contributed by atoms with Crippen LogP contribution in [0.15, 0.2) is 23.0 Å². The molecule has 0 amide bonds. The van der Waals surface area contributed by atoms with Gasteiger partial charge < -0.3 is 24.5 Å². The highest BCUT2D eigenvalue weighted by Gasteiger charge is 2.16. The van der Waals surface area contributed by atoms with Crippen LogP contribution >= 0.6 is 0 Å². The third-order valence-corrected chi connectivity index (χ3v) is 4.13. The maximum Gasteiger partial charge on any atom is 0.252 e. The van der Waals surface area contributed by atoms with Crippen LogP contribution in [0.4, 0.5) is 0 Å². The highest BCUT2D eigenvalue weighted by atomic mass is 16.7. The lowest BCUT2D eigenvalue weighted by Gasteiger charge is -2.10. The van der Waals surface area contributed by atoms with Crippen molar-refractivity contribution >= 4 is 10.9 Å². The largest absolute Gasteiger partial charge is 0.454 e. The number of H-pyrrole nitrogens is 1. The lowest BCUT2D eigenvalue weighted by Crippen LogP contribution is -2.28. The van der Waals surface area contributed by atoms with Gasteiger partial charge in [-0.3, -0.25) is 4.79 Å². The summed E-state index contributed by atoms with van der Waals surface area (Å²) >= 11 is 0. The summed E-state index contributed by atoms with van der Waals surface area (Å²) in [6, 6.07) is 5.61. The molecule has 2 N–H and O–H groups in total. The van der Waals surface area contributed by atoms with Gasteiger partial charge in [-0.1, -0.05) is 0 Å². The van der Waals surface area contributed by atoms with E-state index in [2.05, 4.69) is 10.3 Å². The van der Waals surface area contributed by atoms with Crippen LogP contribution in [0.2, 0.25) is 0 Å². The maximum absolute atomic E-state index is 12.2. The first-order valence-electron chi connectivity index (χ1n) is 7.57. The van der Waals surface area contributed by atoms with Gasteiger partial charge in [-0.25, -0.2) is 0 Å². The summed E-state index contributed by atoms with van der Waals surface area (Å²) in [6.45, 7) is 2.37. The quantitative estimate of drug-likeness (QED) is 0.896. The van der Waals surface area contributed by atoms with Gasteiger partial charge in [0.05, 0.1) is 11.6 Å². The van der Waals surface area contributed by atoms with Gasteiger partial charge in [-0.15, -0.1) is 0 Å². The van der Waals surface area contributed by atoms with Crippen LogP contribution in [-0.2, 0) is 11.3 Å². The SMILES string of the molecule is O=c1[nH]c2cc3c(cc2cc1CNC[C@@H]1CCCO1)OCO3. The number of pyridine rings is 1. The van der Waals surface area contributed by atoms with Crippen molar-refractivity contribution in [3.8, 4) is 11.5 Å². The normalized spacial score (nSPS) is 19.9. The van der Waals surface area contributed by atoms with Crippen molar-refractivity contribution in [1.29, 1.82) is 0 Å². The van der Waals surface area contributed by atoms with Crippen LogP contribution in [0.25, 0.3) is 10.9 Å². The van der Waals surface area contributed by atoms with Crippen molar-refractivity contribution < 1.29 is 14.2 Å². The molecule has 6 nitrogen and oxygen atoms in total. The first-order valence-corrected chi connectivity index (χ1v) is 7.57. The van der Waals surface area contributed by atoms with E-state index in [1.54, 1.807) is 0 Å². The van der Waals surface area contributed by atoms with E-state index in [1.807, 2.05) is 18.2 Å². The molecule has 0 unspecified atom stereocenters. The number of aromatic amines is 1. The molecule has 6 heteroatoms. The Morgan fingerprint density at radius 3 is 2.91 bits per heavy atom. The molecule has 2 aliphatic rings. The summed E-state index contributed by atoms with van der Waals surface area (Å²) in [5.41, 5.74) is 1.40. The molecule has 1 fully saturated rings. The number of fused-ring (bicyclic) bond motifs is 2. The van der Waals surface area contributed by atoms with Gasteiger partial charge in [0, 0.05) is 36.7 Å². The van der Waals surface area contributed by atoms with Gasteiger partial charge in [0.25, 0.3) is 5.56 Å². The van der Waals surface area contributed by atoms with Crippen LogP contribution in [0, 0.1) is 0 Å². The van der Waals surface area contributed by atoms with Crippen molar-refractivity contribution in [1.82, 2.24) is 10.3 Å². The highest BCUT2D eigenvalue weighted by molar-refractivity contribution is 5.83. The van der Waals surface area contributed by atoms with Gasteiger partial charge >= 0.3 is 0 Å². The second-order valence-electron chi connectivity index (χ2n) is 5.68. The van der Waals surface area contributed by atoms with E-state index in [-0.39, 0.29) is 18.5 Å². The molecule has 0 spiro atoms. The number of nitrogens with one attached hydrogen (secondary N) is 2. The molecule has 22 heavy (non-hydrogen) atoms. The van der Waals surface area contributed by atoms with E-state index >= 15 is 0 Å². The van der Waals surface area contributed by atoms with Crippen LogP contribution in [0.3, 0.4) is 0 Å². The van der Waals surface area contributed by atoms with Gasteiger partial charge in [0.1, 0.15) is 0 Å². The van der Waals surface area contributed by atoms with Crippen LogP contribution in [0.5, 0.6) is 11.5 Å². The number of hydrogen-bond acceptors (Lipinski definition) is 5. The summed E-state index contributed by atoms with van der Waals surface area (Å²) in [6.07, 6.45) is 2.48. The van der Waals surface area contributed by atoms with Gasteiger partial charge in [-0.05, 0) is 25.0 Å². The minimum absolute atomic E-state index is 0.0776. The molecule has 0 saturated carbocycles. The monoisotopic (exact) mass is 302 g/mol. The number of aromatic nitrogens is 1. The smallest absolute Gasteiger partial charge is 0.252 e. The minimum atomic E-state index is -0.0776. The maximum atomic E-state index is 12.2. The summed E-state index contributed by atoms with van der Waals surface area (Å²) in [5.74, 6) is 1.39. The third-order valence-electron chi connectivity index (χ3n) is 4.13. The van der Waals surface area contributed by atoms with Crippen molar-refractivity contribution in [2.45, 2.75) is 25.5 Å². The van der Waals surface area contributed by atoms with E-state index in [0.717, 1.165) is 42.6 Å². The highest BCUT2D eigenvalue weighted by Crippen LogP contribution is 2.35. The second-order valence-corrected chi connectivity index (χ2v) is 5.68. The second kappa shape index (κ2) is 5.62. The zero-order chi connectivity index (χ0) is 14.9. The molecule has 4 rings (SSSR count). The van der Waals surface area contributed by atoms with Crippen molar-refractivity contribution in [2.24, 2.45) is 0 Å². The van der Waals surface area contributed by atoms with E-state index < -0.39 is 0 Å².